The number of aromatic nitrogens is 2. The largest absolute Gasteiger partial charge is 0.375 e. The van der Waals surface area contributed by atoms with Crippen LogP contribution in [0.4, 0.5) is 5.82 Å². The normalized spacial score (nSPS) is 18.6. The summed E-state index contributed by atoms with van der Waals surface area (Å²) < 4.78 is 5.04. The van der Waals surface area contributed by atoms with Gasteiger partial charge in [0.2, 0.25) is 11.8 Å². The van der Waals surface area contributed by atoms with Crippen molar-refractivity contribution in [2.45, 2.75) is 52.1 Å². The molecule has 2 aromatic rings. The van der Waals surface area contributed by atoms with Crippen molar-refractivity contribution in [2.75, 3.05) is 25.2 Å². The fraction of sp³-hybridized carbons (Fsp3) is 0.478. The molecule has 1 aromatic carbocycles. The zero-order chi connectivity index (χ0) is 21.3. The maximum absolute atomic E-state index is 12.8. The molecule has 2 amide bonds. The lowest BCUT2D eigenvalue weighted by atomic mass is 10.0. The predicted molar refractivity (Wildman–Crippen MR) is 113 cm³/mol. The molecule has 1 atom stereocenters. The zero-order valence-electron chi connectivity index (χ0n) is 17.9. The molecule has 4 rings (SSSR count). The van der Waals surface area contributed by atoms with Crippen LogP contribution in [0, 0.1) is 13.8 Å². The molecule has 158 valence electrons. The van der Waals surface area contributed by atoms with E-state index in [2.05, 4.69) is 12.1 Å². The van der Waals surface area contributed by atoms with Crippen molar-refractivity contribution in [3.63, 3.8) is 0 Å². The van der Waals surface area contributed by atoms with Crippen molar-refractivity contribution in [3.8, 4) is 0 Å². The minimum atomic E-state index is -0.171. The molecular formula is C23H28N4O3. The first-order valence-electron chi connectivity index (χ1n) is 10.5. The summed E-state index contributed by atoms with van der Waals surface area (Å²) in [6.45, 7) is 5.24. The molecule has 7 heteroatoms. The van der Waals surface area contributed by atoms with Gasteiger partial charge in [-0.2, -0.15) is 0 Å². The van der Waals surface area contributed by atoms with Crippen LogP contribution in [0.3, 0.4) is 0 Å². The van der Waals surface area contributed by atoms with E-state index in [4.69, 9.17) is 14.7 Å². The van der Waals surface area contributed by atoms with Crippen LogP contribution in [0.1, 0.15) is 53.5 Å². The number of rotatable bonds is 5. The fourth-order valence-corrected chi connectivity index (χ4v) is 4.33. The van der Waals surface area contributed by atoms with Gasteiger partial charge in [-0.25, -0.2) is 9.97 Å². The fourth-order valence-electron chi connectivity index (χ4n) is 4.33. The Bertz CT molecular complexity index is 958. The molecule has 3 heterocycles. The standard InChI is InChI=1S/C23H28N4O3/c1-15-6-8-17(9-7-15)13-27-20(28)11-10-18-16(2)24-22(25-23(18)27)19-5-4-12-26(19)21(29)14-30-3/h6-9,19H,4-5,10-14H2,1-3H3. The number of carbonyl (C=O) groups is 2. The van der Waals surface area contributed by atoms with Gasteiger partial charge in [-0.05, 0) is 38.7 Å². The second-order valence-corrected chi connectivity index (χ2v) is 8.11. The van der Waals surface area contributed by atoms with Gasteiger partial charge in [0.1, 0.15) is 12.4 Å². The van der Waals surface area contributed by atoms with Crippen LogP contribution in [-0.2, 0) is 27.3 Å². The Hall–Kier alpha value is -2.80. The molecule has 2 aliphatic rings. The molecule has 0 spiro atoms. The summed E-state index contributed by atoms with van der Waals surface area (Å²) in [7, 11) is 1.52. The summed E-state index contributed by atoms with van der Waals surface area (Å²) in [5.74, 6) is 1.34. The van der Waals surface area contributed by atoms with Crippen LogP contribution in [0.25, 0.3) is 0 Å². The molecule has 2 aliphatic heterocycles. The number of fused-ring (bicyclic) bond motifs is 1. The highest BCUT2D eigenvalue weighted by Crippen LogP contribution is 2.35. The molecule has 1 fully saturated rings. The van der Waals surface area contributed by atoms with E-state index in [0.717, 1.165) is 29.7 Å². The highest BCUT2D eigenvalue weighted by atomic mass is 16.5. The summed E-state index contributed by atoms with van der Waals surface area (Å²) in [5.41, 5.74) is 4.17. The van der Waals surface area contributed by atoms with Crippen LogP contribution >= 0.6 is 0 Å². The minimum absolute atomic E-state index is 0.0495. The van der Waals surface area contributed by atoms with Crippen molar-refractivity contribution in [1.82, 2.24) is 14.9 Å². The van der Waals surface area contributed by atoms with Gasteiger partial charge in [-0.3, -0.25) is 14.5 Å². The first kappa shape index (κ1) is 20.5. The van der Waals surface area contributed by atoms with Gasteiger partial charge in [-0.1, -0.05) is 29.8 Å². The van der Waals surface area contributed by atoms with Gasteiger partial charge in [0.15, 0.2) is 5.82 Å². The van der Waals surface area contributed by atoms with Crippen LogP contribution in [0.5, 0.6) is 0 Å². The number of ether oxygens (including phenoxy) is 1. The Kier molecular flexibility index (Phi) is 5.81. The molecule has 1 unspecified atom stereocenters. The second-order valence-electron chi connectivity index (χ2n) is 8.11. The second kappa shape index (κ2) is 8.52. The number of aryl methyl sites for hydroxylation is 2. The van der Waals surface area contributed by atoms with Gasteiger partial charge in [0.25, 0.3) is 0 Å². The summed E-state index contributed by atoms with van der Waals surface area (Å²) in [4.78, 5) is 38.5. The average molecular weight is 409 g/mol. The van der Waals surface area contributed by atoms with Gasteiger partial charge in [-0.15, -0.1) is 0 Å². The summed E-state index contributed by atoms with van der Waals surface area (Å²) >= 11 is 0. The number of likely N-dealkylation sites (tertiary alicyclic amines) is 1. The van der Waals surface area contributed by atoms with Crippen LogP contribution < -0.4 is 4.90 Å². The number of amides is 2. The van der Waals surface area contributed by atoms with Crippen molar-refractivity contribution in [2.24, 2.45) is 0 Å². The van der Waals surface area contributed by atoms with E-state index < -0.39 is 0 Å². The van der Waals surface area contributed by atoms with E-state index in [1.54, 1.807) is 9.80 Å². The third kappa shape index (κ3) is 3.94. The first-order valence-corrected chi connectivity index (χ1v) is 10.5. The van der Waals surface area contributed by atoms with Crippen molar-refractivity contribution >= 4 is 17.6 Å². The lowest BCUT2D eigenvalue weighted by molar-refractivity contribution is -0.136. The molecule has 7 nitrogen and oxygen atoms in total. The average Bonchev–Trinajstić information content (AvgIpc) is 3.22. The molecular weight excluding hydrogens is 380 g/mol. The Balaban J connectivity index is 1.69. The van der Waals surface area contributed by atoms with Crippen LogP contribution in [0.15, 0.2) is 24.3 Å². The quantitative estimate of drug-likeness (QED) is 0.760. The maximum Gasteiger partial charge on any atom is 0.249 e. The zero-order valence-corrected chi connectivity index (χ0v) is 17.9. The third-order valence-corrected chi connectivity index (χ3v) is 5.96. The molecule has 0 saturated carbocycles. The van der Waals surface area contributed by atoms with Crippen molar-refractivity contribution in [3.05, 3.63) is 52.5 Å². The van der Waals surface area contributed by atoms with Crippen molar-refractivity contribution < 1.29 is 14.3 Å². The van der Waals surface area contributed by atoms with E-state index in [-0.39, 0.29) is 24.5 Å². The number of hydrogen-bond donors (Lipinski definition) is 0. The number of hydrogen-bond acceptors (Lipinski definition) is 5. The van der Waals surface area contributed by atoms with Gasteiger partial charge in [0.05, 0.1) is 12.6 Å². The molecule has 0 aliphatic carbocycles. The maximum atomic E-state index is 12.8. The lowest BCUT2D eigenvalue weighted by Gasteiger charge is -2.31. The summed E-state index contributed by atoms with van der Waals surface area (Å²) in [5, 5.41) is 0. The van der Waals surface area contributed by atoms with E-state index >= 15 is 0 Å². The molecule has 0 N–H and O–H groups in total. The van der Waals surface area contributed by atoms with Gasteiger partial charge < -0.3 is 9.64 Å². The Labute approximate surface area is 177 Å². The lowest BCUT2D eigenvalue weighted by Crippen LogP contribution is -2.38. The Morgan fingerprint density at radius 2 is 1.93 bits per heavy atom. The predicted octanol–water partition coefficient (Wildman–Crippen LogP) is 2.88. The number of benzene rings is 1. The molecule has 1 aromatic heterocycles. The number of anilines is 1. The van der Waals surface area contributed by atoms with E-state index in [9.17, 15) is 9.59 Å². The monoisotopic (exact) mass is 408 g/mol. The summed E-state index contributed by atoms with van der Waals surface area (Å²) in [6.07, 6.45) is 2.84. The van der Waals surface area contributed by atoms with E-state index in [0.29, 0.717) is 37.6 Å². The Morgan fingerprint density at radius 1 is 1.17 bits per heavy atom. The molecule has 30 heavy (non-hydrogen) atoms. The molecule has 1 saturated heterocycles. The summed E-state index contributed by atoms with van der Waals surface area (Å²) in [6, 6.07) is 8.04. The first-order chi connectivity index (χ1) is 14.5. The highest BCUT2D eigenvalue weighted by molar-refractivity contribution is 5.95. The molecule has 0 radical (unpaired) electrons. The van der Waals surface area contributed by atoms with Gasteiger partial charge >= 0.3 is 0 Å². The van der Waals surface area contributed by atoms with Crippen LogP contribution in [-0.4, -0.2) is 46.9 Å². The minimum Gasteiger partial charge on any atom is -0.375 e. The number of methoxy groups -OCH3 is 1. The van der Waals surface area contributed by atoms with E-state index in [1.165, 1.54) is 12.7 Å². The third-order valence-electron chi connectivity index (χ3n) is 5.96. The van der Waals surface area contributed by atoms with Crippen LogP contribution in [0.2, 0.25) is 0 Å². The SMILES string of the molecule is COCC(=O)N1CCCC1c1nc(C)c2c(n1)N(Cc1ccc(C)cc1)C(=O)CC2. The highest BCUT2D eigenvalue weighted by Gasteiger charge is 2.35. The topological polar surface area (TPSA) is 75.6 Å². The Morgan fingerprint density at radius 3 is 2.67 bits per heavy atom. The van der Waals surface area contributed by atoms with Gasteiger partial charge in [0, 0.05) is 31.3 Å². The molecule has 0 bridgehead atoms. The van der Waals surface area contributed by atoms with Crippen molar-refractivity contribution in [1.29, 1.82) is 0 Å². The number of nitrogens with zero attached hydrogens (tertiary/aromatic N) is 4. The smallest absolute Gasteiger partial charge is 0.249 e. The van der Waals surface area contributed by atoms with E-state index in [1.807, 2.05) is 26.0 Å². The number of carbonyl (C=O) groups excluding carboxylic acids is 2.